The molecule has 4 rings (SSSR count). The van der Waals surface area contributed by atoms with E-state index in [0.717, 1.165) is 28.1 Å². The molecular weight excluding hydrogens is 296 g/mol. The minimum atomic E-state index is 0.638. The fourth-order valence-corrected chi connectivity index (χ4v) is 2.66. The van der Waals surface area contributed by atoms with Crippen molar-refractivity contribution in [3.05, 3.63) is 72.3 Å². The van der Waals surface area contributed by atoms with Crippen molar-refractivity contribution in [2.75, 3.05) is 0 Å². The van der Waals surface area contributed by atoms with E-state index in [1.54, 1.807) is 18.6 Å². The van der Waals surface area contributed by atoms with Crippen LogP contribution in [-0.4, -0.2) is 19.5 Å². The zero-order valence-corrected chi connectivity index (χ0v) is 12.3. The number of aromatic nitrogens is 4. The van der Waals surface area contributed by atoms with Crippen molar-refractivity contribution >= 4 is 22.5 Å². The summed E-state index contributed by atoms with van der Waals surface area (Å²) in [5.74, 6) is 0.759. The van der Waals surface area contributed by atoms with E-state index in [9.17, 15) is 0 Å². The highest BCUT2D eigenvalue weighted by Gasteiger charge is 2.10. The number of para-hydroxylation sites is 1. The monoisotopic (exact) mass is 306 g/mol. The number of hydrogen-bond acceptors (Lipinski definition) is 3. The normalized spacial score (nSPS) is 11.0. The fourth-order valence-electron chi connectivity index (χ4n) is 2.43. The van der Waals surface area contributed by atoms with E-state index in [2.05, 4.69) is 15.0 Å². The molecule has 0 amide bonds. The minimum Gasteiger partial charge on any atom is -0.297 e. The number of imidazole rings is 1. The summed E-state index contributed by atoms with van der Waals surface area (Å²) in [4.78, 5) is 13.2. The van der Waals surface area contributed by atoms with Gasteiger partial charge in [0, 0.05) is 24.0 Å². The van der Waals surface area contributed by atoms with Crippen molar-refractivity contribution in [2.24, 2.45) is 0 Å². The molecule has 0 bridgehead atoms. The maximum Gasteiger partial charge on any atom is 0.163 e. The van der Waals surface area contributed by atoms with E-state index in [1.807, 2.05) is 53.2 Å². The first-order chi connectivity index (χ1) is 10.8. The number of hydrogen-bond donors (Lipinski definition) is 0. The Kier molecular flexibility index (Phi) is 3.09. The van der Waals surface area contributed by atoms with Gasteiger partial charge in [-0.25, -0.2) is 9.97 Å². The van der Waals surface area contributed by atoms with Crippen molar-refractivity contribution < 1.29 is 0 Å². The van der Waals surface area contributed by atoms with Gasteiger partial charge in [0.05, 0.1) is 22.4 Å². The summed E-state index contributed by atoms with van der Waals surface area (Å²) in [6.07, 6.45) is 7.18. The molecule has 0 N–H and O–H groups in total. The van der Waals surface area contributed by atoms with Gasteiger partial charge < -0.3 is 0 Å². The Labute approximate surface area is 132 Å². The van der Waals surface area contributed by atoms with Gasteiger partial charge in [0.1, 0.15) is 5.69 Å². The molecule has 3 heterocycles. The maximum absolute atomic E-state index is 6.25. The van der Waals surface area contributed by atoms with Crippen LogP contribution in [0.2, 0.25) is 5.02 Å². The number of rotatable bonds is 2. The van der Waals surface area contributed by atoms with Gasteiger partial charge in [-0.15, -0.1) is 0 Å². The number of fused-ring (bicyclic) bond motifs is 1. The van der Waals surface area contributed by atoms with Crippen molar-refractivity contribution in [3.63, 3.8) is 0 Å². The third-order valence-corrected chi connectivity index (χ3v) is 3.77. The molecule has 0 aliphatic carbocycles. The number of benzene rings is 1. The van der Waals surface area contributed by atoms with E-state index >= 15 is 0 Å². The molecule has 0 saturated heterocycles. The molecule has 0 spiro atoms. The van der Waals surface area contributed by atoms with Crippen LogP contribution in [0.5, 0.6) is 0 Å². The number of pyridine rings is 2. The van der Waals surface area contributed by atoms with Gasteiger partial charge in [-0.05, 0) is 24.3 Å². The van der Waals surface area contributed by atoms with Crippen LogP contribution in [0.1, 0.15) is 0 Å². The average Bonchev–Trinajstić information content (AvgIpc) is 3.05. The van der Waals surface area contributed by atoms with Gasteiger partial charge in [0.25, 0.3) is 0 Å². The molecule has 0 atom stereocenters. The third-order valence-electron chi connectivity index (χ3n) is 3.46. The second-order valence-electron chi connectivity index (χ2n) is 4.84. The Morgan fingerprint density at radius 1 is 0.955 bits per heavy atom. The van der Waals surface area contributed by atoms with Crippen LogP contribution in [0.3, 0.4) is 0 Å². The van der Waals surface area contributed by atoms with Gasteiger partial charge in [-0.1, -0.05) is 29.8 Å². The quantitative estimate of drug-likeness (QED) is 0.559. The lowest BCUT2D eigenvalue weighted by molar-refractivity contribution is 1.04. The van der Waals surface area contributed by atoms with Crippen LogP contribution < -0.4 is 0 Å². The predicted octanol–water partition coefficient (Wildman–Crippen LogP) is 4.14. The fraction of sp³-hybridized carbons (Fsp3) is 0. The molecule has 4 aromatic rings. The lowest BCUT2D eigenvalue weighted by Gasteiger charge is -2.08. The summed E-state index contributed by atoms with van der Waals surface area (Å²) >= 11 is 6.25. The first-order valence-corrected chi connectivity index (χ1v) is 7.20. The first kappa shape index (κ1) is 13.0. The topological polar surface area (TPSA) is 43.6 Å². The zero-order valence-electron chi connectivity index (χ0n) is 11.5. The highest BCUT2D eigenvalue weighted by atomic mass is 35.5. The third kappa shape index (κ3) is 2.14. The second kappa shape index (κ2) is 5.24. The van der Waals surface area contributed by atoms with Gasteiger partial charge in [-0.3, -0.25) is 9.55 Å². The van der Waals surface area contributed by atoms with Gasteiger partial charge in [-0.2, -0.15) is 0 Å². The maximum atomic E-state index is 6.25. The van der Waals surface area contributed by atoms with Crippen LogP contribution in [0.15, 0.2) is 67.3 Å². The highest BCUT2D eigenvalue weighted by molar-refractivity contribution is 6.35. The minimum absolute atomic E-state index is 0.638. The van der Waals surface area contributed by atoms with Crippen molar-refractivity contribution in [1.29, 1.82) is 0 Å². The molecule has 22 heavy (non-hydrogen) atoms. The number of nitrogens with zero attached hydrogens (tertiary/aromatic N) is 4. The van der Waals surface area contributed by atoms with E-state index < -0.39 is 0 Å². The molecule has 106 valence electrons. The standard InChI is InChI=1S/C17H11ClN4/c18-14-5-1-3-12-6-7-15(21-16(12)14)17-20-9-10-22(17)13-4-2-8-19-11-13/h1-11H. The first-order valence-electron chi connectivity index (χ1n) is 6.82. The van der Waals surface area contributed by atoms with Crippen molar-refractivity contribution in [1.82, 2.24) is 19.5 Å². The smallest absolute Gasteiger partial charge is 0.163 e. The molecule has 4 nitrogen and oxygen atoms in total. The number of halogens is 1. The van der Waals surface area contributed by atoms with E-state index in [-0.39, 0.29) is 0 Å². The summed E-state index contributed by atoms with van der Waals surface area (Å²) in [5.41, 5.74) is 2.49. The second-order valence-corrected chi connectivity index (χ2v) is 5.25. The predicted molar refractivity (Wildman–Crippen MR) is 87.1 cm³/mol. The summed E-state index contributed by atoms with van der Waals surface area (Å²) in [6.45, 7) is 0. The van der Waals surface area contributed by atoms with Gasteiger partial charge in [0.15, 0.2) is 5.82 Å². The van der Waals surface area contributed by atoms with E-state index in [4.69, 9.17) is 11.6 Å². The summed E-state index contributed by atoms with van der Waals surface area (Å²) < 4.78 is 1.96. The van der Waals surface area contributed by atoms with Gasteiger partial charge >= 0.3 is 0 Å². The van der Waals surface area contributed by atoms with Crippen molar-refractivity contribution in [2.45, 2.75) is 0 Å². The van der Waals surface area contributed by atoms with Crippen LogP contribution in [-0.2, 0) is 0 Å². The molecular formula is C17H11ClN4. The molecule has 0 aliphatic rings. The molecule has 5 heteroatoms. The molecule has 3 aromatic heterocycles. The Bertz CT molecular complexity index is 947. The molecule has 0 radical (unpaired) electrons. The highest BCUT2D eigenvalue weighted by Crippen LogP contribution is 2.26. The lowest BCUT2D eigenvalue weighted by Crippen LogP contribution is -1.98. The molecule has 0 aliphatic heterocycles. The Morgan fingerprint density at radius 2 is 1.91 bits per heavy atom. The average molecular weight is 307 g/mol. The van der Waals surface area contributed by atoms with Crippen LogP contribution >= 0.6 is 11.6 Å². The summed E-state index contributed by atoms with van der Waals surface area (Å²) in [5, 5.41) is 1.65. The summed E-state index contributed by atoms with van der Waals surface area (Å²) in [6, 6.07) is 13.6. The van der Waals surface area contributed by atoms with Crippen LogP contribution in [0.25, 0.3) is 28.1 Å². The van der Waals surface area contributed by atoms with E-state index in [0.29, 0.717) is 5.02 Å². The van der Waals surface area contributed by atoms with E-state index in [1.165, 1.54) is 0 Å². The molecule has 0 fully saturated rings. The lowest BCUT2D eigenvalue weighted by atomic mass is 10.2. The summed E-state index contributed by atoms with van der Waals surface area (Å²) in [7, 11) is 0. The Balaban J connectivity index is 1.90. The van der Waals surface area contributed by atoms with Crippen LogP contribution in [0, 0.1) is 0 Å². The van der Waals surface area contributed by atoms with Crippen LogP contribution in [0.4, 0.5) is 0 Å². The molecule has 0 saturated carbocycles. The molecule has 1 aromatic carbocycles. The van der Waals surface area contributed by atoms with Crippen molar-refractivity contribution in [3.8, 4) is 17.2 Å². The Morgan fingerprint density at radius 3 is 2.77 bits per heavy atom. The zero-order chi connectivity index (χ0) is 14.9. The Hall–Kier alpha value is -2.72. The molecule has 0 unspecified atom stereocenters. The largest absolute Gasteiger partial charge is 0.297 e. The van der Waals surface area contributed by atoms with Gasteiger partial charge in [0.2, 0.25) is 0 Å². The SMILES string of the molecule is Clc1cccc2ccc(-c3nccn3-c3cccnc3)nc12.